The van der Waals surface area contributed by atoms with Crippen molar-refractivity contribution in [2.45, 2.75) is 31.2 Å². The van der Waals surface area contributed by atoms with Gasteiger partial charge in [-0.1, -0.05) is 84.9 Å². The highest BCUT2D eigenvalue weighted by molar-refractivity contribution is 5.98. The number of nitrogens with one attached hydrogen (secondary N) is 1. The normalized spacial score (nSPS) is 12.7. The number of halogens is 6. The minimum atomic E-state index is -4.71. The standard InChI is InChI=1S/C32H25F6NO/c1-22(18-23-10-4-2-5-11-23)29(40)39-30(21-24-12-6-3-7-13-24,25-14-8-16-27(19-25)31(33,34)35)26-15-9-17-28(20-26)32(36,37)38/h2-20H,21H2,1H3,(H,39,40)/b22-18+. The topological polar surface area (TPSA) is 29.1 Å². The maximum atomic E-state index is 13.8. The lowest BCUT2D eigenvalue weighted by Gasteiger charge is -2.37. The summed E-state index contributed by atoms with van der Waals surface area (Å²) >= 11 is 0. The molecule has 4 aromatic rings. The van der Waals surface area contributed by atoms with E-state index in [0.29, 0.717) is 11.1 Å². The summed E-state index contributed by atoms with van der Waals surface area (Å²) in [5, 5.41) is 2.85. The number of carbonyl (C=O) groups is 1. The number of rotatable bonds is 7. The van der Waals surface area contributed by atoms with Crippen LogP contribution in [-0.2, 0) is 29.1 Å². The van der Waals surface area contributed by atoms with Crippen molar-refractivity contribution in [2.24, 2.45) is 0 Å². The van der Waals surface area contributed by atoms with Crippen LogP contribution in [-0.4, -0.2) is 5.91 Å². The molecule has 8 heteroatoms. The summed E-state index contributed by atoms with van der Waals surface area (Å²) in [6.07, 6.45) is -7.94. The van der Waals surface area contributed by atoms with Crippen molar-refractivity contribution in [2.75, 3.05) is 0 Å². The van der Waals surface area contributed by atoms with Crippen molar-refractivity contribution in [3.63, 3.8) is 0 Å². The molecule has 4 aromatic carbocycles. The fourth-order valence-electron chi connectivity index (χ4n) is 4.54. The van der Waals surface area contributed by atoms with Gasteiger partial charge in [0.2, 0.25) is 5.91 Å². The summed E-state index contributed by atoms with van der Waals surface area (Å²) in [7, 11) is 0. The first-order chi connectivity index (χ1) is 18.9. The number of hydrogen-bond donors (Lipinski definition) is 1. The zero-order valence-electron chi connectivity index (χ0n) is 21.4. The van der Waals surface area contributed by atoms with Crippen LogP contribution in [0.15, 0.2) is 115 Å². The molecule has 0 fully saturated rings. The maximum absolute atomic E-state index is 13.8. The molecule has 206 valence electrons. The minimum Gasteiger partial charge on any atom is -0.338 e. The van der Waals surface area contributed by atoms with E-state index in [2.05, 4.69) is 5.32 Å². The van der Waals surface area contributed by atoms with Gasteiger partial charge in [-0.2, -0.15) is 26.3 Å². The molecule has 1 N–H and O–H groups in total. The lowest BCUT2D eigenvalue weighted by atomic mass is 9.76. The first-order valence-electron chi connectivity index (χ1n) is 12.3. The van der Waals surface area contributed by atoms with Crippen molar-refractivity contribution in [3.05, 3.63) is 148 Å². The molecule has 0 unspecified atom stereocenters. The molecule has 0 radical (unpaired) electrons. The van der Waals surface area contributed by atoms with E-state index in [-0.39, 0.29) is 23.1 Å². The molecule has 2 nitrogen and oxygen atoms in total. The van der Waals surface area contributed by atoms with Crippen molar-refractivity contribution in [1.82, 2.24) is 5.32 Å². The Morgan fingerprint density at radius 3 is 1.57 bits per heavy atom. The van der Waals surface area contributed by atoms with E-state index in [1.165, 1.54) is 31.2 Å². The van der Waals surface area contributed by atoms with Crippen LogP contribution in [0.1, 0.15) is 40.3 Å². The first kappa shape index (κ1) is 28.7. The Hall–Kier alpha value is -4.33. The average molecular weight is 554 g/mol. The third kappa shape index (κ3) is 6.62. The second-order valence-electron chi connectivity index (χ2n) is 9.42. The Labute approximate surface area is 228 Å². The summed E-state index contributed by atoms with van der Waals surface area (Å²) < 4.78 is 82.8. The lowest BCUT2D eigenvalue weighted by Crippen LogP contribution is -2.49. The molecule has 4 rings (SSSR count). The van der Waals surface area contributed by atoms with Gasteiger partial charge < -0.3 is 5.32 Å². The number of amides is 1. The summed E-state index contributed by atoms with van der Waals surface area (Å²) in [5.41, 5.74) is -2.24. The van der Waals surface area contributed by atoms with Crippen LogP contribution in [0.25, 0.3) is 6.08 Å². The summed E-state index contributed by atoms with van der Waals surface area (Å²) in [6, 6.07) is 26.1. The molecule has 0 aliphatic carbocycles. The van der Waals surface area contributed by atoms with E-state index < -0.39 is 34.9 Å². The third-order valence-corrected chi connectivity index (χ3v) is 6.55. The molecule has 0 bridgehead atoms. The molecular weight excluding hydrogens is 528 g/mol. The van der Waals surface area contributed by atoms with E-state index in [1.54, 1.807) is 66.7 Å². The van der Waals surface area contributed by atoms with Crippen LogP contribution in [0.2, 0.25) is 0 Å². The third-order valence-electron chi connectivity index (χ3n) is 6.55. The second kappa shape index (κ2) is 11.4. The fraction of sp³-hybridized carbons (Fsp3) is 0.156. The number of carbonyl (C=O) groups excluding carboxylic acids is 1. The second-order valence-corrected chi connectivity index (χ2v) is 9.42. The largest absolute Gasteiger partial charge is 0.416 e. The van der Waals surface area contributed by atoms with Crippen LogP contribution in [0.4, 0.5) is 26.3 Å². The Balaban J connectivity index is 1.96. The first-order valence-corrected chi connectivity index (χ1v) is 12.3. The van der Waals surface area contributed by atoms with E-state index in [0.717, 1.165) is 24.3 Å². The minimum absolute atomic E-state index is 0.00800. The molecule has 1 amide bonds. The molecule has 0 aromatic heterocycles. The van der Waals surface area contributed by atoms with Gasteiger partial charge in [0.05, 0.1) is 16.7 Å². The molecule has 40 heavy (non-hydrogen) atoms. The molecule has 0 saturated carbocycles. The van der Waals surface area contributed by atoms with Gasteiger partial charge in [-0.05, 0) is 59.5 Å². The Bertz CT molecular complexity index is 1430. The fourth-order valence-corrected chi connectivity index (χ4v) is 4.54. The van der Waals surface area contributed by atoms with Gasteiger partial charge in [-0.15, -0.1) is 0 Å². The zero-order valence-corrected chi connectivity index (χ0v) is 21.4. The van der Waals surface area contributed by atoms with Gasteiger partial charge in [0.25, 0.3) is 0 Å². The number of alkyl halides is 6. The Morgan fingerprint density at radius 2 is 1.10 bits per heavy atom. The Kier molecular flexibility index (Phi) is 8.18. The number of hydrogen-bond acceptors (Lipinski definition) is 1. The average Bonchev–Trinajstić information content (AvgIpc) is 2.93. The van der Waals surface area contributed by atoms with Gasteiger partial charge in [-0.3, -0.25) is 4.79 Å². The molecule has 0 aliphatic rings. The lowest BCUT2D eigenvalue weighted by molar-refractivity contribution is -0.138. The summed E-state index contributed by atoms with van der Waals surface area (Å²) in [6.45, 7) is 1.54. The molecular formula is C32H25F6NO. The van der Waals surface area contributed by atoms with Crippen molar-refractivity contribution >= 4 is 12.0 Å². The van der Waals surface area contributed by atoms with E-state index in [1.807, 2.05) is 0 Å². The summed E-state index contributed by atoms with van der Waals surface area (Å²) in [4.78, 5) is 13.6. The van der Waals surface area contributed by atoms with E-state index in [4.69, 9.17) is 0 Å². The van der Waals surface area contributed by atoms with Crippen LogP contribution < -0.4 is 5.32 Å². The highest BCUT2D eigenvalue weighted by Gasteiger charge is 2.41. The molecule has 0 spiro atoms. The molecule has 0 aliphatic heterocycles. The maximum Gasteiger partial charge on any atom is 0.416 e. The predicted molar refractivity (Wildman–Crippen MR) is 142 cm³/mol. The quantitative estimate of drug-likeness (QED) is 0.181. The van der Waals surface area contributed by atoms with Gasteiger partial charge in [0.1, 0.15) is 0 Å². The van der Waals surface area contributed by atoms with Crippen molar-refractivity contribution < 1.29 is 31.1 Å². The zero-order chi connectivity index (χ0) is 29.0. The highest BCUT2D eigenvalue weighted by atomic mass is 19.4. The van der Waals surface area contributed by atoms with E-state index in [9.17, 15) is 31.1 Å². The van der Waals surface area contributed by atoms with E-state index >= 15 is 0 Å². The van der Waals surface area contributed by atoms with Gasteiger partial charge in [0.15, 0.2) is 0 Å². The highest BCUT2D eigenvalue weighted by Crippen LogP contribution is 2.40. The van der Waals surface area contributed by atoms with Crippen molar-refractivity contribution in [3.8, 4) is 0 Å². The van der Waals surface area contributed by atoms with Gasteiger partial charge >= 0.3 is 12.4 Å². The van der Waals surface area contributed by atoms with Crippen molar-refractivity contribution in [1.29, 1.82) is 0 Å². The van der Waals surface area contributed by atoms with Crippen LogP contribution in [0, 0.1) is 0 Å². The Morgan fingerprint density at radius 1 is 0.650 bits per heavy atom. The molecule has 0 heterocycles. The van der Waals surface area contributed by atoms with Crippen LogP contribution >= 0.6 is 0 Å². The van der Waals surface area contributed by atoms with Crippen LogP contribution in [0.5, 0.6) is 0 Å². The summed E-state index contributed by atoms with van der Waals surface area (Å²) in [5.74, 6) is -0.644. The van der Waals surface area contributed by atoms with Gasteiger partial charge in [0, 0.05) is 12.0 Å². The molecule has 0 saturated heterocycles. The smallest absolute Gasteiger partial charge is 0.338 e. The van der Waals surface area contributed by atoms with Gasteiger partial charge in [-0.25, -0.2) is 0 Å². The SMILES string of the molecule is C/C(=C\c1ccccc1)C(=O)NC(Cc1ccccc1)(c1cccc(C(F)(F)F)c1)c1cccc(C(F)(F)F)c1. The van der Waals surface area contributed by atoms with Crippen LogP contribution in [0.3, 0.4) is 0 Å². The predicted octanol–water partition coefficient (Wildman–Crippen LogP) is 8.43. The monoisotopic (exact) mass is 553 g/mol. The molecule has 0 atom stereocenters. The number of benzene rings is 4.